The highest BCUT2D eigenvalue weighted by atomic mass is 32.2. The van der Waals surface area contributed by atoms with E-state index >= 15 is 0 Å². The molecular formula is C15H23N3O4S. The zero-order valence-corrected chi connectivity index (χ0v) is 14.3. The predicted octanol–water partition coefficient (Wildman–Crippen LogP) is 2.65. The summed E-state index contributed by atoms with van der Waals surface area (Å²) in [5.41, 5.74) is 0.279. The Bertz CT molecular complexity index is 688. The maximum absolute atomic E-state index is 11.4. The number of rotatable bonds is 6. The van der Waals surface area contributed by atoms with Gasteiger partial charge in [0.1, 0.15) is 5.69 Å². The molecule has 2 N–H and O–H groups in total. The van der Waals surface area contributed by atoms with E-state index in [1.807, 2.05) is 4.90 Å². The van der Waals surface area contributed by atoms with Gasteiger partial charge in [-0.15, -0.1) is 0 Å². The van der Waals surface area contributed by atoms with Crippen molar-refractivity contribution in [2.45, 2.75) is 50.5 Å². The summed E-state index contributed by atoms with van der Waals surface area (Å²) in [5, 5.41) is 16.4. The molecule has 0 bridgehead atoms. The number of nitrogens with zero attached hydrogens (tertiary/aromatic N) is 2. The molecule has 1 atom stereocenters. The fourth-order valence-electron chi connectivity index (χ4n) is 3.05. The minimum Gasteiger partial charge on any atom is -0.363 e. The van der Waals surface area contributed by atoms with Crippen LogP contribution in [0.4, 0.5) is 11.4 Å². The van der Waals surface area contributed by atoms with Crippen molar-refractivity contribution in [1.82, 2.24) is 0 Å². The number of nitrogens with two attached hydrogens (primary N) is 1. The van der Waals surface area contributed by atoms with Crippen molar-refractivity contribution in [3.63, 3.8) is 0 Å². The second kappa shape index (κ2) is 6.84. The molecule has 23 heavy (non-hydrogen) atoms. The number of hydrogen-bond donors (Lipinski definition) is 1. The molecule has 0 radical (unpaired) electrons. The number of primary sulfonamides is 1. The van der Waals surface area contributed by atoms with Gasteiger partial charge in [0, 0.05) is 18.7 Å². The molecule has 1 aliphatic rings. The van der Waals surface area contributed by atoms with Crippen LogP contribution in [0.1, 0.15) is 39.5 Å². The van der Waals surface area contributed by atoms with Crippen LogP contribution in [0.5, 0.6) is 0 Å². The number of anilines is 1. The summed E-state index contributed by atoms with van der Waals surface area (Å²) < 4.78 is 22.8. The van der Waals surface area contributed by atoms with Gasteiger partial charge in [0.05, 0.1) is 9.82 Å². The highest BCUT2D eigenvalue weighted by molar-refractivity contribution is 7.89. The van der Waals surface area contributed by atoms with Crippen LogP contribution >= 0.6 is 0 Å². The molecule has 1 heterocycles. The van der Waals surface area contributed by atoms with E-state index in [2.05, 4.69) is 13.8 Å². The van der Waals surface area contributed by atoms with Crippen molar-refractivity contribution in [2.24, 2.45) is 11.1 Å². The summed E-state index contributed by atoms with van der Waals surface area (Å²) in [7, 11) is -3.96. The van der Waals surface area contributed by atoms with Crippen LogP contribution in [0.3, 0.4) is 0 Å². The third-order valence-corrected chi connectivity index (χ3v) is 5.15. The molecular weight excluding hydrogens is 318 g/mol. The molecule has 8 heteroatoms. The Morgan fingerprint density at radius 2 is 2.13 bits per heavy atom. The van der Waals surface area contributed by atoms with Gasteiger partial charge in [0.25, 0.3) is 5.69 Å². The Morgan fingerprint density at radius 1 is 1.43 bits per heavy atom. The van der Waals surface area contributed by atoms with E-state index in [-0.39, 0.29) is 16.6 Å². The summed E-state index contributed by atoms with van der Waals surface area (Å²) in [6.45, 7) is 5.06. The van der Waals surface area contributed by atoms with Crippen molar-refractivity contribution in [3.8, 4) is 0 Å². The van der Waals surface area contributed by atoms with E-state index in [0.717, 1.165) is 38.3 Å². The monoisotopic (exact) mass is 341 g/mol. The largest absolute Gasteiger partial charge is 0.363 e. The van der Waals surface area contributed by atoms with Crippen LogP contribution in [0.15, 0.2) is 23.1 Å². The highest BCUT2D eigenvalue weighted by Gasteiger charge is 2.30. The Morgan fingerprint density at radius 3 is 2.70 bits per heavy atom. The van der Waals surface area contributed by atoms with Gasteiger partial charge in [-0.25, -0.2) is 13.6 Å². The van der Waals surface area contributed by atoms with Crippen molar-refractivity contribution in [1.29, 1.82) is 0 Å². The maximum atomic E-state index is 11.4. The summed E-state index contributed by atoms with van der Waals surface area (Å²) in [6, 6.07) is 4.17. The molecule has 0 aliphatic carbocycles. The average Bonchev–Trinajstić information content (AvgIpc) is 2.91. The van der Waals surface area contributed by atoms with Crippen LogP contribution in [-0.2, 0) is 10.0 Å². The number of nitro groups is 1. The number of sulfonamides is 1. The Kier molecular flexibility index (Phi) is 5.26. The zero-order chi connectivity index (χ0) is 17.2. The van der Waals surface area contributed by atoms with Gasteiger partial charge in [0.2, 0.25) is 10.0 Å². The molecule has 1 aromatic rings. The van der Waals surface area contributed by atoms with Crippen LogP contribution in [0.25, 0.3) is 0 Å². The molecule has 0 spiro atoms. The van der Waals surface area contributed by atoms with E-state index < -0.39 is 14.9 Å². The minimum absolute atomic E-state index is 0.201. The maximum Gasteiger partial charge on any atom is 0.293 e. The number of nitro benzene ring substituents is 1. The van der Waals surface area contributed by atoms with Gasteiger partial charge < -0.3 is 4.90 Å². The molecule has 1 saturated heterocycles. The fraction of sp³-hybridized carbons (Fsp3) is 0.600. The van der Waals surface area contributed by atoms with Crippen LogP contribution in [-0.4, -0.2) is 25.9 Å². The topological polar surface area (TPSA) is 107 Å². The van der Waals surface area contributed by atoms with Gasteiger partial charge in [-0.2, -0.15) is 0 Å². The lowest BCUT2D eigenvalue weighted by atomic mass is 10.0. The molecule has 1 aliphatic heterocycles. The summed E-state index contributed by atoms with van der Waals surface area (Å²) in [4.78, 5) is 12.6. The molecule has 0 saturated carbocycles. The molecule has 128 valence electrons. The van der Waals surface area contributed by atoms with Crippen molar-refractivity contribution in [3.05, 3.63) is 28.3 Å². The summed E-state index contributed by atoms with van der Waals surface area (Å²) in [5.74, 6) is 0.581. The Balaban J connectivity index is 2.36. The standard InChI is InChI=1S/C15H23N3O4S/c1-11(2)5-6-12-4-3-9-17(12)14-8-7-13(23(16,21)22)10-15(14)18(19)20/h7-8,10-12H,3-6,9H2,1-2H3,(H2,16,21,22). The lowest BCUT2D eigenvalue weighted by Gasteiger charge is -2.27. The second-order valence-electron chi connectivity index (χ2n) is 6.41. The van der Waals surface area contributed by atoms with Crippen LogP contribution < -0.4 is 10.0 Å². The van der Waals surface area contributed by atoms with Crippen molar-refractivity contribution >= 4 is 21.4 Å². The normalized spacial score (nSPS) is 18.6. The third-order valence-electron chi connectivity index (χ3n) is 4.24. The summed E-state index contributed by atoms with van der Waals surface area (Å²) >= 11 is 0. The molecule has 2 rings (SSSR count). The average molecular weight is 341 g/mol. The van der Waals surface area contributed by atoms with Crippen LogP contribution in [0.2, 0.25) is 0 Å². The SMILES string of the molecule is CC(C)CCC1CCCN1c1ccc(S(N)(=O)=O)cc1[N+](=O)[O-]. The fourth-order valence-corrected chi connectivity index (χ4v) is 3.58. The first-order valence-electron chi connectivity index (χ1n) is 7.78. The lowest BCUT2D eigenvalue weighted by Crippen LogP contribution is -2.30. The molecule has 1 aromatic carbocycles. The Labute approximate surface area is 136 Å². The molecule has 1 fully saturated rings. The molecule has 0 aromatic heterocycles. The van der Waals surface area contributed by atoms with Gasteiger partial charge in [-0.3, -0.25) is 10.1 Å². The van der Waals surface area contributed by atoms with E-state index in [1.54, 1.807) is 0 Å². The van der Waals surface area contributed by atoms with Crippen molar-refractivity contribution in [2.75, 3.05) is 11.4 Å². The molecule has 7 nitrogen and oxygen atoms in total. The van der Waals surface area contributed by atoms with E-state index in [0.29, 0.717) is 11.6 Å². The summed E-state index contributed by atoms with van der Waals surface area (Å²) in [6.07, 6.45) is 4.02. The van der Waals surface area contributed by atoms with Crippen LogP contribution in [0, 0.1) is 16.0 Å². The lowest BCUT2D eigenvalue weighted by molar-refractivity contribution is -0.384. The number of hydrogen-bond acceptors (Lipinski definition) is 5. The smallest absolute Gasteiger partial charge is 0.293 e. The van der Waals surface area contributed by atoms with E-state index in [4.69, 9.17) is 5.14 Å². The predicted molar refractivity (Wildman–Crippen MR) is 88.9 cm³/mol. The third kappa shape index (κ3) is 4.20. The van der Waals surface area contributed by atoms with Crippen molar-refractivity contribution < 1.29 is 13.3 Å². The van der Waals surface area contributed by atoms with Gasteiger partial charge in [-0.1, -0.05) is 13.8 Å². The highest BCUT2D eigenvalue weighted by Crippen LogP contribution is 2.36. The van der Waals surface area contributed by atoms with Gasteiger partial charge in [0.15, 0.2) is 0 Å². The quantitative estimate of drug-likeness (QED) is 0.632. The minimum atomic E-state index is -3.96. The first-order chi connectivity index (χ1) is 10.7. The second-order valence-corrected chi connectivity index (χ2v) is 7.97. The van der Waals surface area contributed by atoms with E-state index in [1.165, 1.54) is 12.1 Å². The zero-order valence-electron chi connectivity index (χ0n) is 13.4. The van der Waals surface area contributed by atoms with E-state index in [9.17, 15) is 18.5 Å². The first-order valence-corrected chi connectivity index (χ1v) is 9.32. The van der Waals surface area contributed by atoms with Gasteiger partial charge in [-0.05, 0) is 43.7 Å². The molecule has 0 amide bonds. The first kappa shape index (κ1) is 17.7. The van der Waals surface area contributed by atoms with Gasteiger partial charge >= 0.3 is 0 Å². The number of benzene rings is 1. The molecule has 1 unspecified atom stereocenters. The Hall–Kier alpha value is -1.67.